The topological polar surface area (TPSA) is 41.6 Å². The van der Waals surface area contributed by atoms with Gasteiger partial charge in [0, 0.05) is 17.9 Å². The molecule has 0 radical (unpaired) electrons. The van der Waals surface area contributed by atoms with Crippen molar-refractivity contribution in [2.75, 3.05) is 13.7 Å². The smallest absolute Gasteiger partial charge is 0.234 e. The number of nitrogens with one attached hydrogen (secondary N) is 1. The van der Waals surface area contributed by atoms with E-state index in [9.17, 15) is 4.79 Å². The standard InChI is InChI=1S/C18H20N2O2S/c1-22-14-7-4-6-13(12-14)18(15-8-2-3-9-16(15)23)20-11-5-10-17(21)19-20/h2-4,6-9,12,18,23H,5,10-11H2,1H3,(H,19,21). The van der Waals surface area contributed by atoms with Crippen LogP contribution >= 0.6 is 12.6 Å². The molecule has 1 atom stereocenters. The van der Waals surface area contributed by atoms with E-state index < -0.39 is 0 Å². The molecule has 0 saturated carbocycles. The van der Waals surface area contributed by atoms with Crippen molar-refractivity contribution in [1.29, 1.82) is 0 Å². The third kappa shape index (κ3) is 3.51. The predicted octanol–water partition coefficient (Wildman–Crippen LogP) is 3.20. The molecule has 1 fully saturated rings. The van der Waals surface area contributed by atoms with Crippen LogP contribution in [0.15, 0.2) is 53.4 Å². The van der Waals surface area contributed by atoms with E-state index in [0.717, 1.165) is 34.7 Å². The highest BCUT2D eigenvalue weighted by Crippen LogP contribution is 2.34. The molecule has 1 unspecified atom stereocenters. The lowest BCUT2D eigenvalue weighted by molar-refractivity contribution is -0.129. The van der Waals surface area contributed by atoms with Crippen molar-refractivity contribution in [2.24, 2.45) is 0 Å². The van der Waals surface area contributed by atoms with Gasteiger partial charge in [0.2, 0.25) is 5.91 Å². The predicted molar refractivity (Wildman–Crippen MR) is 92.6 cm³/mol. The molecule has 0 aliphatic carbocycles. The SMILES string of the molecule is COc1cccc(C(c2ccccc2S)N2CCCC(=O)N2)c1. The minimum Gasteiger partial charge on any atom is -0.497 e. The van der Waals surface area contributed by atoms with E-state index in [2.05, 4.69) is 18.1 Å². The summed E-state index contributed by atoms with van der Waals surface area (Å²) in [5, 5.41) is 2.00. The number of rotatable bonds is 4. The summed E-state index contributed by atoms with van der Waals surface area (Å²) in [5.74, 6) is 0.855. The van der Waals surface area contributed by atoms with Crippen LogP contribution in [0.25, 0.3) is 0 Å². The number of hydrogen-bond donors (Lipinski definition) is 2. The van der Waals surface area contributed by atoms with Crippen molar-refractivity contribution >= 4 is 18.5 Å². The van der Waals surface area contributed by atoms with Crippen LogP contribution in [0.4, 0.5) is 0 Å². The van der Waals surface area contributed by atoms with Crippen molar-refractivity contribution in [3.05, 3.63) is 59.7 Å². The molecule has 120 valence electrons. The lowest BCUT2D eigenvalue weighted by atomic mass is 9.97. The first kappa shape index (κ1) is 15.9. The summed E-state index contributed by atoms with van der Waals surface area (Å²) in [6, 6.07) is 15.8. The molecule has 1 aliphatic rings. The van der Waals surface area contributed by atoms with Crippen molar-refractivity contribution in [3.63, 3.8) is 0 Å². The zero-order valence-electron chi connectivity index (χ0n) is 13.0. The minimum atomic E-state index is -0.0944. The minimum absolute atomic E-state index is 0.0563. The molecule has 5 heteroatoms. The van der Waals surface area contributed by atoms with Crippen LogP contribution in [-0.4, -0.2) is 24.6 Å². The molecule has 1 saturated heterocycles. The van der Waals surface area contributed by atoms with E-state index in [0.29, 0.717) is 6.42 Å². The van der Waals surface area contributed by atoms with E-state index in [4.69, 9.17) is 4.74 Å². The Morgan fingerprint density at radius 3 is 2.78 bits per heavy atom. The largest absolute Gasteiger partial charge is 0.497 e. The molecule has 3 rings (SSSR count). The lowest BCUT2D eigenvalue weighted by Gasteiger charge is -2.35. The van der Waals surface area contributed by atoms with Crippen LogP contribution in [0.1, 0.15) is 30.0 Å². The van der Waals surface area contributed by atoms with Gasteiger partial charge in [-0.2, -0.15) is 0 Å². The van der Waals surface area contributed by atoms with Gasteiger partial charge in [0.1, 0.15) is 5.75 Å². The van der Waals surface area contributed by atoms with Gasteiger partial charge in [-0.3, -0.25) is 10.2 Å². The second-order valence-electron chi connectivity index (χ2n) is 5.57. The van der Waals surface area contributed by atoms with Crippen LogP contribution in [0.5, 0.6) is 5.75 Å². The monoisotopic (exact) mass is 328 g/mol. The summed E-state index contributed by atoms with van der Waals surface area (Å²) >= 11 is 4.61. The highest BCUT2D eigenvalue weighted by Gasteiger charge is 2.28. The first-order chi connectivity index (χ1) is 11.2. The summed E-state index contributed by atoms with van der Waals surface area (Å²) in [4.78, 5) is 12.8. The number of methoxy groups -OCH3 is 1. The van der Waals surface area contributed by atoms with Gasteiger partial charge in [-0.15, -0.1) is 12.6 Å². The fraction of sp³-hybridized carbons (Fsp3) is 0.278. The number of hydrogen-bond acceptors (Lipinski definition) is 4. The summed E-state index contributed by atoms with van der Waals surface area (Å²) in [5.41, 5.74) is 5.12. The Morgan fingerprint density at radius 1 is 1.22 bits per heavy atom. The van der Waals surface area contributed by atoms with Crippen molar-refractivity contribution < 1.29 is 9.53 Å². The maximum absolute atomic E-state index is 11.9. The van der Waals surface area contributed by atoms with Crippen LogP contribution in [0.2, 0.25) is 0 Å². The highest BCUT2D eigenvalue weighted by molar-refractivity contribution is 7.80. The summed E-state index contributed by atoms with van der Waals surface area (Å²) in [6.07, 6.45) is 1.42. The maximum Gasteiger partial charge on any atom is 0.234 e. The summed E-state index contributed by atoms with van der Waals surface area (Å²) in [6.45, 7) is 0.801. The van der Waals surface area contributed by atoms with Gasteiger partial charge >= 0.3 is 0 Å². The molecular formula is C18H20N2O2S. The third-order valence-corrected chi connectivity index (χ3v) is 4.43. The molecule has 0 aromatic heterocycles. The molecule has 0 bridgehead atoms. The Hall–Kier alpha value is -1.98. The van der Waals surface area contributed by atoms with Gasteiger partial charge in [-0.25, -0.2) is 5.01 Å². The van der Waals surface area contributed by atoms with E-state index in [1.807, 2.05) is 53.5 Å². The fourth-order valence-corrected chi connectivity index (χ4v) is 3.22. The Bertz CT molecular complexity index is 705. The maximum atomic E-state index is 11.9. The van der Waals surface area contributed by atoms with Crippen LogP contribution in [-0.2, 0) is 4.79 Å². The number of amides is 1. The molecule has 1 amide bonds. The highest BCUT2D eigenvalue weighted by atomic mass is 32.1. The first-order valence-electron chi connectivity index (χ1n) is 7.67. The van der Waals surface area contributed by atoms with Gasteiger partial charge in [0.05, 0.1) is 13.2 Å². The lowest BCUT2D eigenvalue weighted by Crippen LogP contribution is -2.48. The number of ether oxygens (including phenoxy) is 1. The van der Waals surface area contributed by atoms with Crippen molar-refractivity contribution in [1.82, 2.24) is 10.4 Å². The number of hydrazine groups is 1. The van der Waals surface area contributed by atoms with Crippen LogP contribution in [0.3, 0.4) is 0 Å². The van der Waals surface area contributed by atoms with Crippen molar-refractivity contribution in [3.8, 4) is 5.75 Å². The second kappa shape index (κ2) is 7.06. The van der Waals surface area contributed by atoms with Gasteiger partial charge in [-0.05, 0) is 35.7 Å². The van der Waals surface area contributed by atoms with E-state index >= 15 is 0 Å². The summed E-state index contributed by atoms with van der Waals surface area (Å²) in [7, 11) is 1.66. The van der Waals surface area contributed by atoms with E-state index in [-0.39, 0.29) is 11.9 Å². The quantitative estimate of drug-likeness (QED) is 0.847. The average Bonchev–Trinajstić information content (AvgIpc) is 2.57. The van der Waals surface area contributed by atoms with E-state index in [1.54, 1.807) is 7.11 Å². The Balaban J connectivity index is 2.05. The molecule has 2 aromatic carbocycles. The fourth-order valence-electron chi connectivity index (χ4n) is 2.93. The summed E-state index contributed by atoms with van der Waals surface area (Å²) < 4.78 is 5.35. The zero-order valence-corrected chi connectivity index (χ0v) is 13.9. The normalized spacial score (nSPS) is 16.7. The Morgan fingerprint density at radius 2 is 2.04 bits per heavy atom. The molecular weight excluding hydrogens is 308 g/mol. The van der Waals surface area contributed by atoms with Crippen LogP contribution < -0.4 is 10.2 Å². The Kier molecular flexibility index (Phi) is 4.88. The third-order valence-electron chi connectivity index (χ3n) is 4.02. The number of carbonyl (C=O) groups is 1. The number of nitrogens with zero attached hydrogens (tertiary/aromatic N) is 1. The molecule has 4 nitrogen and oxygen atoms in total. The average molecular weight is 328 g/mol. The zero-order chi connectivity index (χ0) is 16.2. The Labute approximate surface area is 141 Å². The van der Waals surface area contributed by atoms with Gasteiger partial charge in [0.15, 0.2) is 0 Å². The van der Waals surface area contributed by atoms with E-state index in [1.165, 1.54) is 0 Å². The van der Waals surface area contributed by atoms with Gasteiger partial charge in [0.25, 0.3) is 0 Å². The number of carbonyl (C=O) groups excluding carboxylic acids is 1. The molecule has 2 aromatic rings. The van der Waals surface area contributed by atoms with Crippen LogP contribution in [0, 0.1) is 0 Å². The van der Waals surface area contributed by atoms with Gasteiger partial charge in [-0.1, -0.05) is 30.3 Å². The first-order valence-corrected chi connectivity index (χ1v) is 8.11. The molecule has 1 N–H and O–H groups in total. The molecule has 0 spiro atoms. The molecule has 1 aliphatic heterocycles. The second-order valence-corrected chi connectivity index (χ2v) is 6.05. The molecule has 1 heterocycles. The van der Waals surface area contributed by atoms with Crippen molar-refractivity contribution in [2.45, 2.75) is 23.8 Å². The molecule has 23 heavy (non-hydrogen) atoms. The number of thiol groups is 1. The number of benzene rings is 2. The van der Waals surface area contributed by atoms with Gasteiger partial charge < -0.3 is 4.74 Å².